The van der Waals surface area contributed by atoms with Gasteiger partial charge in [-0.1, -0.05) is 23.3 Å². The van der Waals surface area contributed by atoms with E-state index in [0.717, 1.165) is 5.12 Å². The van der Waals surface area contributed by atoms with E-state index in [1.807, 2.05) is 0 Å². The highest BCUT2D eigenvalue weighted by atomic mass is 16.6. The lowest BCUT2D eigenvalue weighted by Crippen LogP contribution is -2.37. The molecule has 0 spiro atoms. The summed E-state index contributed by atoms with van der Waals surface area (Å²) < 4.78 is 10.6. The summed E-state index contributed by atoms with van der Waals surface area (Å²) in [5.41, 5.74) is 5.79. The molecule has 0 aliphatic carbocycles. The van der Waals surface area contributed by atoms with Crippen LogP contribution in [0.3, 0.4) is 0 Å². The molecule has 2 N–H and O–H groups in total. The van der Waals surface area contributed by atoms with Gasteiger partial charge < -0.3 is 9.47 Å². The highest BCUT2D eigenvalue weighted by Crippen LogP contribution is 2.17. The van der Waals surface area contributed by atoms with Crippen molar-refractivity contribution in [3.8, 4) is 0 Å². The molecule has 2 aliphatic heterocycles. The number of ether oxygens (including phenoxy) is 2. The first kappa shape index (κ1) is 14.2. The van der Waals surface area contributed by atoms with E-state index in [1.165, 1.54) is 6.08 Å². The Morgan fingerprint density at radius 2 is 2.36 bits per heavy atom. The molecule has 9 heteroatoms. The minimum absolute atomic E-state index is 0.244. The Morgan fingerprint density at radius 1 is 1.50 bits per heavy atom. The quantitative estimate of drug-likeness (QED) is 0.453. The fourth-order valence-electron chi connectivity index (χ4n) is 2.19. The van der Waals surface area contributed by atoms with Crippen molar-refractivity contribution in [1.82, 2.24) is 16.2 Å². The maximum Gasteiger partial charge on any atom is 0.339 e. The number of amidine groups is 1. The Morgan fingerprint density at radius 3 is 3.14 bits per heavy atom. The predicted octanol–water partition coefficient (Wildman–Crippen LogP) is -0.131. The van der Waals surface area contributed by atoms with Gasteiger partial charge in [0.05, 0.1) is 18.8 Å². The highest BCUT2D eigenvalue weighted by molar-refractivity contribution is 6.07. The van der Waals surface area contributed by atoms with Crippen LogP contribution in [-0.4, -0.2) is 42.3 Å². The number of carbonyl (C=O) groups is 1. The zero-order valence-corrected chi connectivity index (χ0v) is 11.5. The molecule has 1 atom stereocenters. The number of nitrogens with zero attached hydrogens (tertiary/aromatic N) is 3. The minimum atomic E-state index is -0.476. The lowest BCUT2D eigenvalue weighted by Gasteiger charge is -2.15. The van der Waals surface area contributed by atoms with Gasteiger partial charge in [-0.3, -0.25) is 0 Å². The Hall–Kier alpha value is -2.74. The number of carbonyl (C=O) groups excluding carboxylic acids is 2. The summed E-state index contributed by atoms with van der Waals surface area (Å²) in [4.78, 5) is 22.8. The Kier molecular flexibility index (Phi) is 4.10. The first-order chi connectivity index (χ1) is 10.8. The van der Waals surface area contributed by atoms with Gasteiger partial charge in [0.1, 0.15) is 6.10 Å². The van der Waals surface area contributed by atoms with E-state index < -0.39 is 5.97 Å². The van der Waals surface area contributed by atoms with E-state index in [1.54, 1.807) is 24.3 Å². The first-order valence-corrected chi connectivity index (χ1v) is 6.64. The number of rotatable bonds is 4. The second-order valence-corrected chi connectivity index (χ2v) is 4.60. The minimum Gasteiger partial charge on any atom is -0.456 e. The fourth-order valence-corrected chi connectivity index (χ4v) is 2.19. The maximum atomic E-state index is 12.3. The summed E-state index contributed by atoms with van der Waals surface area (Å²) in [6, 6.07) is 6.77. The van der Waals surface area contributed by atoms with Crippen LogP contribution in [0.2, 0.25) is 0 Å². The zero-order chi connectivity index (χ0) is 15.4. The second kappa shape index (κ2) is 6.35. The van der Waals surface area contributed by atoms with Crippen LogP contribution < -0.4 is 11.1 Å². The molecule has 1 aromatic carbocycles. The summed E-state index contributed by atoms with van der Waals surface area (Å²) in [6.07, 6.45) is 1.84. The highest BCUT2D eigenvalue weighted by Gasteiger charge is 2.27. The van der Waals surface area contributed by atoms with Crippen LogP contribution in [0.25, 0.3) is 0 Å². The number of hydrogen-bond acceptors (Lipinski definition) is 9. The molecule has 0 radical (unpaired) electrons. The molecular formula is C13H13N5O4. The monoisotopic (exact) mass is 303 g/mol. The van der Waals surface area contributed by atoms with Gasteiger partial charge in [0.15, 0.2) is 5.84 Å². The third kappa shape index (κ3) is 2.82. The molecule has 114 valence electrons. The topological polar surface area (TPSA) is 105 Å². The molecule has 0 aromatic heterocycles. The molecule has 1 fully saturated rings. The smallest absolute Gasteiger partial charge is 0.339 e. The van der Waals surface area contributed by atoms with Crippen molar-refractivity contribution >= 4 is 17.9 Å². The fraction of sp³-hybridized carbons (Fsp3) is 0.308. The predicted molar refractivity (Wildman–Crippen MR) is 73.9 cm³/mol. The van der Waals surface area contributed by atoms with E-state index >= 15 is 0 Å². The summed E-state index contributed by atoms with van der Waals surface area (Å²) in [6.45, 7) is 0.988. The molecule has 1 saturated heterocycles. The molecule has 22 heavy (non-hydrogen) atoms. The molecular weight excluding hydrogens is 290 g/mol. The van der Waals surface area contributed by atoms with E-state index in [9.17, 15) is 9.59 Å². The van der Waals surface area contributed by atoms with Gasteiger partial charge in [0.2, 0.25) is 0 Å². The molecule has 9 nitrogen and oxygen atoms in total. The van der Waals surface area contributed by atoms with E-state index in [4.69, 9.17) is 9.47 Å². The van der Waals surface area contributed by atoms with E-state index in [2.05, 4.69) is 21.3 Å². The van der Waals surface area contributed by atoms with Crippen LogP contribution in [0, 0.1) is 0 Å². The third-order valence-corrected chi connectivity index (χ3v) is 3.21. The lowest BCUT2D eigenvalue weighted by atomic mass is 10.1. The number of esters is 1. The molecule has 2 heterocycles. The van der Waals surface area contributed by atoms with Crippen LogP contribution in [-0.2, 0) is 14.3 Å². The van der Waals surface area contributed by atoms with Gasteiger partial charge in [-0.25, -0.2) is 15.1 Å². The van der Waals surface area contributed by atoms with Crippen LogP contribution in [0.4, 0.5) is 0 Å². The Bertz CT molecular complexity index is 650. The van der Waals surface area contributed by atoms with Crippen molar-refractivity contribution in [3.63, 3.8) is 0 Å². The number of nitrogens with one attached hydrogen (secondary N) is 2. The first-order valence-electron chi connectivity index (χ1n) is 6.64. The van der Waals surface area contributed by atoms with Crippen LogP contribution >= 0.6 is 0 Å². The van der Waals surface area contributed by atoms with Crippen molar-refractivity contribution in [2.24, 2.45) is 10.2 Å². The van der Waals surface area contributed by atoms with Crippen molar-refractivity contribution < 1.29 is 19.1 Å². The molecule has 0 amide bonds. The van der Waals surface area contributed by atoms with Crippen LogP contribution in [0.5, 0.6) is 0 Å². The average Bonchev–Trinajstić information content (AvgIpc) is 3.19. The molecule has 1 aromatic rings. The number of hydrazine groups is 2. The SMILES string of the molecule is O=C=NN1NNN=C1c1ccccc1C(=O)OC1CCOC1. The van der Waals surface area contributed by atoms with Crippen molar-refractivity contribution in [1.29, 1.82) is 0 Å². The van der Waals surface area contributed by atoms with Crippen molar-refractivity contribution in [3.05, 3.63) is 35.4 Å². The Labute approximate surface area is 125 Å². The van der Waals surface area contributed by atoms with E-state index in [0.29, 0.717) is 30.8 Å². The summed E-state index contributed by atoms with van der Waals surface area (Å²) >= 11 is 0. The standard InChI is InChI=1S/C13H13N5O4/c19-8-14-18-12(15-16-17-18)10-3-1-2-4-11(10)13(20)22-9-5-6-21-7-9/h1-4,9,16-17H,5-7H2. The molecule has 3 rings (SSSR count). The molecule has 0 saturated carbocycles. The van der Waals surface area contributed by atoms with Crippen LogP contribution in [0.15, 0.2) is 34.5 Å². The summed E-state index contributed by atoms with van der Waals surface area (Å²) in [5.74, 6) is -0.214. The zero-order valence-electron chi connectivity index (χ0n) is 11.5. The Balaban J connectivity index is 1.86. The normalized spacial score (nSPS) is 20.1. The number of isocyanates is 1. The molecule has 0 bridgehead atoms. The van der Waals surface area contributed by atoms with Gasteiger partial charge in [-0.05, 0) is 6.07 Å². The van der Waals surface area contributed by atoms with Gasteiger partial charge >= 0.3 is 5.97 Å². The van der Waals surface area contributed by atoms with Crippen molar-refractivity contribution in [2.75, 3.05) is 13.2 Å². The van der Waals surface area contributed by atoms with E-state index in [-0.39, 0.29) is 11.9 Å². The third-order valence-electron chi connectivity index (χ3n) is 3.21. The summed E-state index contributed by atoms with van der Waals surface area (Å²) in [5, 5.41) is 8.47. The molecule has 1 unspecified atom stereocenters. The molecule has 2 aliphatic rings. The average molecular weight is 303 g/mol. The number of hydrogen-bond donors (Lipinski definition) is 2. The van der Waals surface area contributed by atoms with Gasteiger partial charge in [0.25, 0.3) is 6.08 Å². The van der Waals surface area contributed by atoms with Crippen molar-refractivity contribution in [2.45, 2.75) is 12.5 Å². The van der Waals surface area contributed by atoms with Gasteiger partial charge in [0, 0.05) is 12.0 Å². The second-order valence-electron chi connectivity index (χ2n) is 4.60. The number of hydrazone groups is 2. The lowest BCUT2D eigenvalue weighted by molar-refractivity contribution is 0.0270. The van der Waals surface area contributed by atoms with Gasteiger partial charge in [-0.15, -0.1) is 15.8 Å². The largest absolute Gasteiger partial charge is 0.456 e. The van der Waals surface area contributed by atoms with Crippen LogP contribution in [0.1, 0.15) is 22.3 Å². The maximum absolute atomic E-state index is 12.3. The number of benzene rings is 1. The summed E-state index contributed by atoms with van der Waals surface area (Å²) in [7, 11) is 0. The van der Waals surface area contributed by atoms with Gasteiger partial charge in [-0.2, -0.15) is 0 Å².